The zero-order chi connectivity index (χ0) is 23.5. The second-order valence-electron chi connectivity index (χ2n) is 6.68. The van der Waals surface area contributed by atoms with Crippen LogP contribution >= 0.6 is 22.6 Å². The summed E-state index contributed by atoms with van der Waals surface area (Å²) in [5, 5.41) is 22.2. The van der Waals surface area contributed by atoms with E-state index in [1.165, 1.54) is 6.08 Å². The van der Waals surface area contributed by atoms with Gasteiger partial charge >= 0.3 is 11.7 Å². The van der Waals surface area contributed by atoms with Gasteiger partial charge in [0.25, 0.3) is 5.69 Å². The third-order valence-corrected chi connectivity index (χ3v) is 5.17. The van der Waals surface area contributed by atoms with Gasteiger partial charge in [-0.1, -0.05) is 12.1 Å². The molecule has 4 rings (SSSR count). The van der Waals surface area contributed by atoms with Gasteiger partial charge in [-0.15, -0.1) is 0 Å². The summed E-state index contributed by atoms with van der Waals surface area (Å²) in [6, 6.07) is 16.8. The first-order chi connectivity index (χ1) is 15.8. The summed E-state index contributed by atoms with van der Waals surface area (Å²) in [7, 11) is 0. The van der Waals surface area contributed by atoms with Crippen LogP contribution in [-0.4, -0.2) is 21.7 Å². The quantitative estimate of drug-likeness (QED) is 0.133. The molecule has 164 valence electrons. The first-order valence-electron chi connectivity index (χ1n) is 9.29. The second-order valence-corrected chi connectivity index (χ2v) is 7.93. The van der Waals surface area contributed by atoms with Gasteiger partial charge in [0, 0.05) is 15.2 Å². The fraction of sp³-hybridized carbons (Fsp3) is 0. The van der Waals surface area contributed by atoms with Crippen molar-refractivity contribution in [3.63, 3.8) is 0 Å². The number of carbonyl (C=O) groups excluding carboxylic acids is 1. The summed E-state index contributed by atoms with van der Waals surface area (Å²) < 4.78 is 11.9. The van der Waals surface area contributed by atoms with Crippen molar-refractivity contribution >= 4 is 51.9 Å². The maximum absolute atomic E-state index is 12.2. The summed E-state index contributed by atoms with van der Waals surface area (Å²) in [6.45, 7) is 0. The molecule has 0 aliphatic carbocycles. The van der Waals surface area contributed by atoms with Crippen LogP contribution in [0.1, 0.15) is 11.1 Å². The van der Waals surface area contributed by atoms with Crippen LogP contribution in [0, 0.1) is 23.8 Å². The van der Waals surface area contributed by atoms with Gasteiger partial charge in [0.15, 0.2) is 5.70 Å². The topological polar surface area (TPSA) is 134 Å². The number of esters is 1. The monoisotopic (exact) mass is 557 g/mol. The number of hydrogen-bond acceptors (Lipinski definition) is 8. The minimum absolute atomic E-state index is 0.0852. The summed E-state index contributed by atoms with van der Waals surface area (Å²) >= 11 is 2.17. The van der Waals surface area contributed by atoms with Gasteiger partial charge in [0.05, 0.1) is 15.9 Å². The molecule has 0 radical (unpaired) electrons. The van der Waals surface area contributed by atoms with E-state index in [1.807, 2.05) is 12.1 Å². The number of carbonyl (C=O) groups is 1. The SMILES string of the molecule is O=C1OC(c2ccc(I)cc2)=NC1=Cc1cccc(Oc2ccc([N+](=O)[O-])cc2[N+](=O)[O-])c1. The minimum atomic E-state index is -0.760. The predicted octanol–water partition coefficient (Wildman–Crippen LogP) is 5.24. The molecule has 3 aromatic carbocycles. The van der Waals surface area contributed by atoms with E-state index in [0.717, 1.165) is 21.8 Å². The molecule has 0 amide bonds. The lowest BCUT2D eigenvalue weighted by Gasteiger charge is -2.07. The van der Waals surface area contributed by atoms with Gasteiger partial charge in [0.1, 0.15) is 5.75 Å². The van der Waals surface area contributed by atoms with Gasteiger partial charge < -0.3 is 9.47 Å². The minimum Gasteiger partial charge on any atom is -0.450 e. The third-order valence-electron chi connectivity index (χ3n) is 4.45. The predicted molar refractivity (Wildman–Crippen MR) is 126 cm³/mol. The molecule has 1 aliphatic rings. The molecule has 0 saturated carbocycles. The Kier molecular flexibility index (Phi) is 6.13. The largest absolute Gasteiger partial charge is 0.450 e. The van der Waals surface area contributed by atoms with E-state index in [2.05, 4.69) is 27.6 Å². The maximum atomic E-state index is 12.2. The Morgan fingerprint density at radius 2 is 1.73 bits per heavy atom. The van der Waals surface area contributed by atoms with Crippen molar-refractivity contribution in [3.8, 4) is 11.5 Å². The Hall–Kier alpha value is -4.13. The van der Waals surface area contributed by atoms with E-state index in [0.29, 0.717) is 11.1 Å². The van der Waals surface area contributed by atoms with E-state index in [1.54, 1.807) is 36.4 Å². The highest BCUT2D eigenvalue weighted by atomic mass is 127. The molecule has 0 atom stereocenters. The highest BCUT2D eigenvalue weighted by molar-refractivity contribution is 14.1. The Bertz CT molecular complexity index is 1350. The number of rotatable bonds is 6. The van der Waals surface area contributed by atoms with E-state index >= 15 is 0 Å². The molecule has 0 spiro atoms. The number of non-ortho nitro benzene ring substituents is 1. The number of nitro groups is 2. The fourth-order valence-electron chi connectivity index (χ4n) is 2.93. The molecule has 1 aliphatic heterocycles. The summed E-state index contributed by atoms with van der Waals surface area (Å²) in [5.74, 6) is -0.346. The number of cyclic esters (lactones) is 1. The zero-order valence-corrected chi connectivity index (χ0v) is 18.7. The van der Waals surface area contributed by atoms with Crippen LogP contribution in [0.5, 0.6) is 11.5 Å². The molecule has 3 aromatic rings. The van der Waals surface area contributed by atoms with Crippen molar-refractivity contribution in [2.24, 2.45) is 4.99 Å². The van der Waals surface area contributed by atoms with Gasteiger partial charge in [-0.25, -0.2) is 9.79 Å². The number of benzene rings is 3. The van der Waals surface area contributed by atoms with Crippen molar-refractivity contribution in [1.82, 2.24) is 0 Å². The van der Waals surface area contributed by atoms with Gasteiger partial charge in [-0.3, -0.25) is 20.2 Å². The summed E-state index contributed by atoms with van der Waals surface area (Å²) in [5.41, 5.74) is 0.321. The molecule has 10 nitrogen and oxygen atoms in total. The molecule has 11 heteroatoms. The lowest BCUT2D eigenvalue weighted by molar-refractivity contribution is -0.394. The standard InChI is InChI=1S/C22H12IN3O7/c23-15-6-4-14(5-7-15)21-24-18(22(27)33-21)11-13-2-1-3-17(10-13)32-20-9-8-16(25(28)29)12-19(20)26(30)31/h1-12H. The average molecular weight is 557 g/mol. The normalized spacial score (nSPS) is 14.0. The fourth-order valence-corrected chi connectivity index (χ4v) is 3.29. The lowest BCUT2D eigenvalue weighted by atomic mass is 10.2. The van der Waals surface area contributed by atoms with Crippen LogP contribution < -0.4 is 4.74 Å². The van der Waals surface area contributed by atoms with Crippen molar-refractivity contribution in [1.29, 1.82) is 0 Å². The molecule has 0 fully saturated rings. The smallest absolute Gasteiger partial charge is 0.363 e. The molecule has 1 heterocycles. The van der Waals surface area contributed by atoms with Gasteiger partial charge in [0.2, 0.25) is 11.6 Å². The maximum Gasteiger partial charge on any atom is 0.363 e. The first-order valence-corrected chi connectivity index (χ1v) is 10.4. The summed E-state index contributed by atoms with van der Waals surface area (Å²) in [6.07, 6.45) is 1.50. The van der Waals surface area contributed by atoms with E-state index in [-0.39, 0.29) is 23.1 Å². The van der Waals surface area contributed by atoms with Crippen LogP contribution in [0.3, 0.4) is 0 Å². The molecule has 33 heavy (non-hydrogen) atoms. The molecule has 0 unspecified atom stereocenters. The van der Waals surface area contributed by atoms with E-state index in [9.17, 15) is 25.0 Å². The van der Waals surface area contributed by atoms with Crippen LogP contribution in [-0.2, 0) is 9.53 Å². The first kappa shape index (κ1) is 22.1. The number of ether oxygens (including phenoxy) is 2. The number of nitrogens with zero attached hydrogens (tertiary/aromatic N) is 3. The van der Waals surface area contributed by atoms with Crippen molar-refractivity contribution in [3.05, 3.63) is 107 Å². The Morgan fingerprint density at radius 1 is 0.970 bits per heavy atom. The Morgan fingerprint density at radius 3 is 2.42 bits per heavy atom. The van der Waals surface area contributed by atoms with Gasteiger partial charge in [-0.05, 0) is 76.7 Å². The zero-order valence-electron chi connectivity index (χ0n) is 16.5. The number of aliphatic imine (C=N–C) groups is 1. The highest BCUT2D eigenvalue weighted by Crippen LogP contribution is 2.34. The van der Waals surface area contributed by atoms with Gasteiger partial charge in [-0.2, -0.15) is 0 Å². The van der Waals surface area contributed by atoms with Crippen molar-refractivity contribution in [2.75, 3.05) is 0 Å². The Balaban J connectivity index is 1.61. The lowest BCUT2D eigenvalue weighted by Crippen LogP contribution is -2.05. The second kappa shape index (κ2) is 9.16. The van der Waals surface area contributed by atoms with Crippen LogP contribution in [0.4, 0.5) is 11.4 Å². The molecular weight excluding hydrogens is 545 g/mol. The average Bonchev–Trinajstić information content (AvgIpc) is 3.14. The highest BCUT2D eigenvalue weighted by Gasteiger charge is 2.24. The molecular formula is C22H12IN3O7. The van der Waals surface area contributed by atoms with E-state index in [4.69, 9.17) is 9.47 Å². The molecule has 0 saturated heterocycles. The number of nitro benzene ring substituents is 2. The molecule has 0 bridgehead atoms. The number of hydrogen-bond donors (Lipinski definition) is 0. The van der Waals surface area contributed by atoms with Crippen LogP contribution in [0.15, 0.2) is 77.4 Å². The molecule has 0 aromatic heterocycles. The van der Waals surface area contributed by atoms with Crippen molar-refractivity contribution < 1.29 is 24.1 Å². The Labute approximate surface area is 199 Å². The van der Waals surface area contributed by atoms with Crippen LogP contribution in [0.25, 0.3) is 6.08 Å². The van der Waals surface area contributed by atoms with Crippen molar-refractivity contribution in [2.45, 2.75) is 0 Å². The summed E-state index contributed by atoms with van der Waals surface area (Å²) in [4.78, 5) is 37.2. The molecule has 0 N–H and O–H groups in total. The van der Waals surface area contributed by atoms with E-state index < -0.39 is 27.2 Å². The number of halogens is 1. The third kappa shape index (κ3) is 5.03. The van der Waals surface area contributed by atoms with Crippen LogP contribution in [0.2, 0.25) is 0 Å².